The number of carbonyl (C=O) groups excluding carboxylic acids is 3. The molecular weight excluding hydrogens is 901 g/mol. The summed E-state index contributed by atoms with van der Waals surface area (Å²) in [5, 5.41) is 31.4. The summed E-state index contributed by atoms with van der Waals surface area (Å²) in [5.74, 6) is -3.13. The molecule has 0 spiro atoms. The van der Waals surface area contributed by atoms with E-state index in [4.69, 9.17) is 23.7 Å². The molecule has 1 aliphatic rings. The van der Waals surface area contributed by atoms with Crippen LogP contribution in [0.1, 0.15) is 252 Å². The summed E-state index contributed by atoms with van der Waals surface area (Å²) in [7, 11) is 0. The van der Waals surface area contributed by atoms with Crippen molar-refractivity contribution in [3.63, 3.8) is 0 Å². The molecule has 1 heterocycles. The second-order valence-electron chi connectivity index (χ2n) is 19.6. The zero-order valence-electron chi connectivity index (χ0n) is 45.0. The third-order valence-electron chi connectivity index (χ3n) is 12.9. The van der Waals surface area contributed by atoms with E-state index in [1.165, 1.54) is 96.3 Å². The Balaban J connectivity index is 2.71. The third-order valence-corrected chi connectivity index (χ3v) is 12.9. The first-order chi connectivity index (χ1) is 34.6. The number of ether oxygens (including phenoxy) is 5. The zero-order chi connectivity index (χ0) is 51.8. The lowest BCUT2D eigenvalue weighted by Crippen LogP contribution is -2.61. The van der Waals surface area contributed by atoms with Crippen molar-refractivity contribution in [3.05, 3.63) is 48.6 Å². The number of esters is 3. The second-order valence-corrected chi connectivity index (χ2v) is 19.6. The molecule has 0 aromatic carbocycles. The predicted octanol–water partition coefficient (Wildman–Crippen LogP) is 14.2. The number of rotatable bonds is 48. The number of allylic oxidation sites excluding steroid dienone is 8. The molecule has 0 aliphatic carbocycles. The lowest BCUT2D eigenvalue weighted by molar-refractivity contribution is -0.301. The molecule has 1 fully saturated rings. The highest BCUT2D eigenvalue weighted by molar-refractivity contribution is 5.74. The average Bonchev–Trinajstić information content (AvgIpc) is 3.35. The van der Waals surface area contributed by atoms with Crippen molar-refractivity contribution in [2.45, 2.75) is 289 Å². The normalized spacial score (nSPS) is 18.8. The van der Waals surface area contributed by atoms with Crippen molar-refractivity contribution in [3.8, 4) is 0 Å². The number of carbonyl (C=O) groups is 4. The van der Waals surface area contributed by atoms with E-state index < -0.39 is 67.3 Å². The lowest BCUT2D eigenvalue weighted by Gasteiger charge is -2.40. The summed E-state index contributed by atoms with van der Waals surface area (Å²) in [6, 6.07) is 0. The van der Waals surface area contributed by atoms with Crippen LogP contribution in [0.25, 0.3) is 0 Å². The Kier molecular flexibility index (Phi) is 44.1. The average molecular weight is 1000 g/mol. The molecule has 12 heteroatoms. The van der Waals surface area contributed by atoms with Crippen LogP contribution in [-0.2, 0) is 42.9 Å². The summed E-state index contributed by atoms with van der Waals surface area (Å²) in [5.41, 5.74) is 0. The highest BCUT2D eigenvalue weighted by atomic mass is 16.7. The van der Waals surface area contributed by atoms with Crippen LogP contribution in [-0.4, -0.2) is 89.2 Å². The fourth-order valence-electron chi connectivity index (χ4n) is 8.54. The van der Waals surface area contributed by atoms with Gasteiger partial charge in [-0.15, -0.1) is 0 Å². The van der Waals surface area contributed by atoms with Gasteiger partial charge in [0.1, 0.15) is 18.8 Å². The fraction of sp³-hybridized carbons (Fsp3) is 0.797. The van der Waals surface area contributed by atoms with Gasteiger partial charge in [0.2, 0.25) is 0 Å². The van der Waals surface area contributed by atoms with E-state index in [2.05, 4.69) is 69.4 Å². The number of carboxylic acids is 1. The minimum absolute atomic E-state index is 0.0616. The summed E-state index contributed by atoms with van der Waals surface area (Å²) >= 11 is 0. The highest BCUT2D eigenvalue weighted by Crippen LogP contribution is 2.26. The predicted molar refractivity (Wildman–Crippen MR) is 285 cm³/mol. The smallest absolute Gasteiger partial charge is 0.335 e. The summed E-state index contributed by atoms with van der Waals surface area (Å²) in [4.78, 5) is 51.0. The summed E-state index contributed by atoms with van der Waals surface area (Å²) in [6.45, 7) is 5.85. The molecule has 1 saturated heterocycles. The Bertz CT molecular complexity index is 1420. The van der Waals surface area contributed by atoms with Crippen molar-refractivity contribution in [2.75, 3.05) is 13.2 Å². The van der Waals surface area contributed by atoms with E-state index in [9.17, 15) is 34.5 Å². The number of carboxylic acid groups (broad SMARTS) is 1. The first-order valence-corrected chi connectivity index (χ1v) is 28.6. The minimum atomic E-state index is -1.90. The Morgan fingerprint density at radius 1 is 0.479 bits per heavy atom. The van der Waals surface area contributed by atoms with Gasteiger partial charge in [0.05, 0.1) is 6.61 Å². The second kappa shape index (κ2) is 47.7. The molecule has 0 aromatic heterocycles. The molecule has 0 radical (unpaired) electrons. The maximum Gasteiger partial charge on any atom is 0.335 e. The van der Waals surface area contributed by atoms with Crippen LogP contribution >= 0.6 is 0 Å². The molecule has 12 nitrogen and oxygen atoms in total. The van der Waals surface area contributed by atoms with Gasteiger partial charge < -0.3 is 39.0 Å². The molecule has 6 unspecified atom stereocenters. The van der Waals surface area contributed by atoms with Crippen LogP contribution < -0.4 is 0 Å². The van der Waals surface area contributed by atoms with Gasteiger partial charge in [-0.25, -0.2) is 4.79 Å². The van der Waals surface area contributed by atoms with Gasteiger partial charge in [-0.2, -0.15) is 0 Å². The first-order valence-electron chi connectivity index (χ1n) is 28.6. The van der Waals surface area contributed by atoms with Gasteiger partial charge in [-0.3, -0.25) is 14.4 Å². The zero-order valence-corrected chi connectivity index (χ0v) is 45.0. The van der Waals surface area contributed by atoms with Gasteiger partial charge >= 0.3 is 23.9 Å². The molecule has 0 amide bonds. The van der Waals surface area contributed by atoms with Crippen molar-refractivity contribution in [1.82, 2.24) is 0 Å². The number of hydrogen-bond donors (Lipinski definition) is 3. The summed E-state index contributed by atoms with van der Waals surface area (Å²) in [6.07, 6.45) is 43.7. The lowest BCUT2D eigenvalue weighted by atomic mass is 9.98. The largest absolute Gasteiger partial charge is 0.479 e. The third kappa shape index (κ3) is 38.0. The SMILES string of the molecule is CC/C=C\C/C=C\C/C=C\C/C=C\CCCCCCC(=O)OCC(COC1OC(C(=O)O)C(O)C(O)C1OC(=O)CCCCCCCCCCCCC)OC(=O)CCCCCCCCCCCCCCC. The van der Waals surface area contributed by atoms with Crippen molar-refractivity contribution < 1.29 is 58.2 Å². The number of hydrogen-bond acceptors (Lipinski definition) is 11. The first kappa shape index (κ1) is 65.7. The maximum absolute atomic E-state index is 13.1. The van der Waals surface area contributed by atoms with E-state index >= 15 is 0 Å². The molecule has 71 heavy (non-hydrogen) atoms. The number of aliphatic hydroxyl groups is 2. The van der Waals surface area contributed by atoms with Gasteiger partial charge in [0, 0.05) is 19.3 Å². The van der Waals surface area contributed by atoms with Crippen molar-refractivity contribution >= 4 is 23.9 Å². The van der Waals surface area contributed by atoms with Crippen LogP contribution in [0.5, 0.6) is 0 Å². The number of aliphatic hydroxyl groups excluding tert-OH is 2. The van der Waals surface area contributed by atoms with E-state index in [-0.39, 0.29) is 25.9 Å². The fourth-order valence-corrected chi connectivity index (χ4v) is 8.54. The van der Waals surface area contributed by atoms with Gasteiger partial charge in [0.15, 0.2) is 24.6 Å². The molecule has 1 aliphatic heterocycles. The van der Waals surface area contributed by atoms with Crippen molar-refractivity contribution in [2.24, 2.45) is 0 Å². The topological polar surface area (TPSA) is 175 Å². The Morgan fingerprint density at radius 3 is 1.35 bits per heavy atom. The molecule has 0 aromatic rings. The molecule has 0 bridgehead atoms. The molecule has 6 atom stereocenters. The van der Waals surface area contributed by atoms with E-state index in [0.29, 0.717) is 19.3 Å². The van der Waals surface area contributed by atoms with Gasteiger partial charge in [-0.05, 0) is 57.8 Å². The molecule has 1 rings (SSSR count). The molecule has 410 valence electrons. The van der Waals surface area contributed by atoms with E-state index in [1.54, 1.807) is 0 Å². The van der Waals surface area contributed by atoms with E-state index in [0.717, 1.165) is 96.3 Å². The molecule has 3 N–H and O–H groups in total. The van der Waals surface area contributed by atoms with Gasteiger partial charge in [-0.1, -0.05) is 223 Å². The van der Waals surface area contributed by atoms with Crippen molar-refractivity contribution in [1.29, 1.82) is 0 Å². The Labute approximate surface area is 431 Å². The van der Waals surface area contributed by atoms with Crippen LogP contribution in [0.2, 0.25) is 0 Å². The summed E-state index contributed by atoms with van der Waals surface area (Å²) < 4.78 is 28.4. The van der Waals surface area contributed by atoms with E-state index in [1.807, 2.05) is 0 Å². The van der Waals surface area contributed by atoms with Gasteiger partial charge in [0.25, 0.3) is 0 Å². The monoisotopic (exact) mass is 1000 g/mol. The van der Waals surface area contributed by atoms with Crippen LogP contribution in [0.3, 0.4) is 0 Å². The maximum atomic E-state index is 13.1. The quantitative estimate of drug-likeness (QED) is 0.0228. The number of aliphatic carboxylic acids is 1. The minimum Gasteiger partial charge on any atom is -0.479 e. The van der Waals surface area contributed by atoms with Crippen LogP contribution in [0.4, 0.5) is 0 Å². The Hall–Kier alpha value is -3.32. The Morgan fingerprint density at radius 2 is 0.887 bits per heavy atom. The molecular formula is C59H102O12. The standard InChI is InChI=1S/C59H102O12/c1-4-7-10-13-16-19-22-24-25-26-27-29-31-33-36-39-42-45-51(60)67-48-50(69-52(61)46-43-40-37-35-32-28-23-20-17-14-11-8-5-2)49-68-59-57(55(64)54(63)56(71-59)58(65)66)70-53(62)47-44-41-38-34-30-21-18-15-12-9-6-3/h7,10,16,19,24-25,27,29,50,54-57,59,63-64H,4-6,8-9,11-15,17-18,20-23,26,28,30-49H2,1-3H3,(H,65,66)/b10-7-,19-16-,25-24-,29-27-. The van der Waals surface area contributed by atoms with Crippen LogP contribution in [0.15, 0.2) is 48.6 Å². The highest BCUT2D eigenvalue weighted by Gasteiger charge is 2.50. The number of unbranched alkanes of at least 4 members (excludes halogenated alkanes) is 26. The van der Waals surface area contributed by atoms with Crippen LogP contribution in [0, 0.1) is 0 Å². The molecule has 0 saturated carbocycles.